The summed E-state index contributed by atoms with van der Waals surface area (Å²) in [5.41, 5.74) is 0.635. The van der Waals surface area contributed by atoms with Gasteiger partial charge in [-0.2, -0.15) is 0 Å². The fraction of sp³-hybridized carbons (Fsp3) is 0.769. The van der Waals surface area contributed by atoms with Crippen LogP contribution in [0.4, 0.5) is 0 Å². The smallest absolute Gasteiger partial charge is 0.261 e. The summed E-state index contributed by atoms with van der Waals surface area (Å²) < 4.78 is 0. The quantitative estimate of drug-likeness (QED) is 0.694. The van der Waals surface area contributed by atoms with Crippen molar-refractivity contribution in [3.8, 4) is 0 Å². The first-order chi connectivity index (χ1) is 14.7. The molecule has 2 amide bonds. The van der Waals surface area contributed by atoms with E-state index in [2.05, 4.69) is 31.0 Å². The molecule has 1 N–H and O–H groups in total. The fourth-order valence-corrected chi connectivity index (χ4v) is 9.24. The van der Waals surface area contributed by atoms with Gasteiger partial charge in [0.2, 0.25) is 5.91 Å². The van der Waals surface area contributed by atoms with Gasteiger partial charge >= 0.3 is 0 Å². The second-order valence-electron chi connectivity index (χ2n) is 11.4. The molecular weight excluding hydrogens is 404 g/mol. The molecule has 0 radical (unpaired) electrons. The lowest BCUT2D eigenvalue weighted by atomic mass is 9.47. The minimum atomic E-state index is 0.0989. The van der Waals surface area contributed by atoms with Gasteiger partial charge in [0.05, 0.1) is 4.88 Å². The number of carbonyl (C=O) groups excluding carboxylic acids is 2. The number of hydrogen-bond acceptors (Lipinski definition) is 3. The average Bonchev–Trinajstić information content (AvgIpc) is 3.32. The van der Waals surface area contributed by atoms with Crippen molar-refractivity contribution < 1.29 is 9.59 Å². The molecule has 5 rings (SSSR count). The Morgan fingerprint density at radius 2 is 1.87 bits per heavy atom. The maximum atomic E-state index is 12.6. The Bertz CT molecular complexity index is 881. The van der Waals surface area contributed by atoms with Crippen LogP contribution >= 0.6 is 11.3 Å². The molecule has 3 saturated carbocycles. The molecule has 170 valence electrons. The zero-order valence-corrected chi connectivity index (χ0v) is 20.4. The molecule has 0 spiro atoms. The van der Waals surface area contributed by atoms with Crippen molar-refractivity contribution in [1.29, 1.82) is 0 Å². The summed E-state index contributed by atoms with van der Waals surface area (Å²) in [6, 6.07) is 4.41. The monoisotopic (exact) mass is 442 g/mol. The lowest BCUT2D eigenvalue weighted by Crippen LogP contribution is -2.61. The molecule has 7 atom stereocenters. The summed E-state index contributed by atoms with van der Waals surface area (Å²) in [4.78, 5) is 29.1. The van der Waals surface area contributed by atoms with Gasteiger partial charge in [-0.3, -0.25) is 9.59 Å². The maximum absolute atomic E-state index is 12.6. The van der Waals surface area contributed by atoms with Crippen LogP contribution in [-0.4, -0.2) is 36.3 Å². The molecule has 2 heterocycles. The molecule has 4 aliphatic rings. The van der Waals surface area contributed by atoms with Crippen molar-refractivity contribution >= 4 is 23.2 Å². The number of amides is 2. The molecule has 1 saturated heterocycles. The number of nitrogens with zero attached hydrogens (tertiary/aromatic N) is 1. The first kappa shape index (κ1) is 21.5. The van der Waals surface area contributed by atoms with Crippen LogP contribution in [0.25, 0.3) is 0 Å². The van der Waals surface area contributed by atoms with Crippen molar-refractivity contribution in [1.82, 2.24) is 10.2 Å². The van der Waals surface area contributed by atoms with Crippen molar-refractivity contribution in [3.63, 3.8) is 0 Å². The standard InChI is InChI=1S/C26H38N2O2S/c1-16-5-9-21(31-16)24(30)27-15-17-6-8-19-18-7-10-22-26(3,14-12-23(29)28(22)4)20(18)11-13-25(17,19)2/h5,9,17-20,22H,6-8,10-15H2,1-4H3,(H,27,30)/t17-,18+,19+,20+,22-,25-,26-/m1/s1. The number of aryl methyl sites for hydroxylation is 1. The van der Waals surface area contributed by atoms with E-state index in [0.717, 1.165) is 42.0 Å². The van der Waals surface area contributed by atoms with Crippen LogP contribution in [0.15, 0.2) is 12.1 Å². The van der Waals surface area contributed by atoms with Crippen LogP contribution in [0.5, 0.6) is 0 Å². The van der Waals surface area contributed by atoms with Crippen LogP contribution in [0.2, 0.25) is 0 Å². The first-order valence-corrected chi connectivity index (χ1v) is 13.2. The summed E-state index contributed by atoms with van der Waals surface area (Å²) in [5.74, 6) is 3.35. The van der Waals surface area contributed by atoms with Gasteiger partial charge < -0.3 is 10.2 Å². The number of carbonyl (C=O) groups is 2. The Balaban J connectivity index is 1.29. The molecule has 1 aliphatic heterocycles. The Labute approximate surface area is 191 Å². The minimum absolute atomic E-state index is 0.0989. The highest BCUT2D eigenvalue weighted by molar-refractivity contribution is 7.13. The molecule has 5 heteroatoms. The van der Waals surface area contributed by atoms with Crippen LogP contribution in [0, 0.1) is 41.4 Å². The topological polar surface area (TPSA) is 49.4 Å². The molecule has 3 aliphatic carbocycles. The Kier molecular flexibility index (Phi) is 5.27. The molecule has 1 aromatic heterocycles. The lowest BCUT2D eigenvalue weighted by molar-refractivity contribution is -0.158. The van der Waals surface area contributed by atoms with E-state index in [1.807, 2.05) is 19.2 Å². The van der Waals surface area contributed by atoms with Gasteiger partial charge in [0.25, 0.3) is 5.91 Å². The van der Waals surface area contributed by atoms with Crippen LogP contribution in [-0.2, 0) is 4.79 Å². The highest BCUT2D eigenvalue weighted by Gasteiger charge is 2.60. The van der Waals surface area contributed by atoms with Crippen molar-refractivity contribution in [3.05, 3.63) is 21.9 Å². The minimum Gasteiger partial charge on any atom is -0.351 e. The second kappa shape index (κ2) is 7.60. The average molecular weight is 443 g/mol. The molecule has 0 bridgehead atoms. The predicted molar refractivity (Wildman–Crippen MR) is 125 cm³/mol. The van der Waals surface area contributed by atoms with Crippen LogP contribution < -0.4 is 5.32 Å². The summed E-state index contributed by atoms with van der Waals surface area (Å²) in [5, 5.41) is 3.28. The van der Waals surface area contributed by atoms with Gasteiger partial charge in [0.1, 0.15) is 0 Å². The Morgan fingerprint density at radius 3 is 2.61 bits per heavy atom. The van der Waals surface area contributed by atoms with E-state index >= 15 is 0 Å². The maximum Gasteiger partial charge on any atom is 0.261 e. The number of nitrogens with one attached hydrogen (secondary N) is 1. The zero-order valence-electron chi connectivity index (χ0n) is 19.6. The number of fused-ring (bicyclic) bond motifs is 5. The van der Waals surface area contributed by atoms with Crippen molar-refractivity contribution in [2.75, 3.05) is 13.6 Å². The van der Waals surface area contributed by atoms with Crippen LogP contribution in [0.1, 0.15) is 79.8 Å². The number of rotatable bonds is 3. The number of piperidine rings is 1. The molecule has 4 fully saturated rings. The van der Waals surface area contributed by atoms with Gasteiger partial charge in [0, 0.05) is 30.9 Å². The molecule has 0 aromatic carbocycles. The third-order valence-electron chi connectivity index (χ3n) is 10.2. The first-order valence-electron chi connectivity index (χ1n) is 12.3. The SMILES string of the molecule is Cc1ccc(C(=O)NC[C@H]2CC[C@H]3[C@@H]4CC[C@H]5N(C)C(=O)CC[C@]5(C)[C@H]4CC[C@]23C)s1. The molecule has 4 nitrogen and oxygen atoms in total. The number of thiophene rings is 1. The Morgan fingerprint density at radius 1 is 1.10 bits per heavy atom. The van der Waals surface area contributed by atoms with Gasteiger partial charge in [0.15, 0.2) is 0 Å². The van der Waals surface area contributed by atoms with Crippen LogP contribution in [0.3, 0.4) is 0 Å². The molecule has 1 aromatic rings. The van der Waals surface area contributed by atoms with E-state index in [-0.39, 0.29) is 11.3 Å². The largest absolute Gasteiger partial charge is 0.351 e. The van der Waals surface area contributed by atoms with Gasteiger partial charge in [-0.25, -0.2) is 0 Å². The van der Waals surface area contributed by atoms with E-state index in [1.54, 1.807) is 11.3 Å². The highest BCUT2D eigenvalue weighted by Crippen LogP contribution is 2.66. The summed E-state index contributed by atoms with van der Waals surface area (Å²) >= 11 is 1.59. The number of hydrogen-bond donors (Lipinski definition) is 1. The van der Waals surface area contributed by atoms with Gasteiger partial charge in [-0.05, 0) is 98.5 Å². The van der Waals surface area contributed by atoms with Crippen molar-refractivity contribution in [2.24, 2.45) is 34.5 Å². The van der Waals surface area contributed by atoms with Gasteiger partial charge in [-0.1, -0.05) is 13.8 Å². The summed E-state index contributed by atoms with van der Waals surface area (Å²) in [7, 11) is 2.04. The van der Waals surface area contributed by atoms with E-state index in [0.29, 0.717) is 23.3 Å². The normalized spacial score (nSPS) is 42.0. The molecular formula is C26H38N2O2S. The zero-order chi connectivity index (χ0) is 22.0. The summed E-state index contributed by atoms with van der Waals surface area (Å²) in [6.07, 6.45) is 9.37. The second-order valence-corrected chi connectivity index (χ2v) is 12.7. The summed E-state index contributed by atoms with van der Waals surface area (Å²) in [6.45, 7) is 7.89. The number of likely N-dealkylation sites (tertiary alicyclic amines) is 1. The third kappa shape index (κ3) is 3.29. The van der Waals surface area contributed by atoms with E-state index in [1.165, 1.54) is 43.4 Å². The third-order valence-corrected chi connectivity index (χ3v) is 11.2. The fourth-order valence-electron chi connectivity index (χ4n) is 8.45. The molecule has 31 heavy (non-hydrogen) atoms. The van der Waals surface area contributed by atoms with Crippen molar-refractivity contribution in [2.45, 2.75) is 78.2 Å². The lowest BCUT2D eigenvalue weighted by Gasteiger charge is -2.61. The highest BCUT2D eigenvalue weighted by atomic mass is 32.1. The predicted octanol–water partition coefficient (Wildman–Crippen LogP) is 5.27. The van der Waals surface area contributed by atoms with E-state index < -0.39 is 0 Å². The van der Waals surface area contributed by atoms with E-state index in [4.69, 9.17) is 0 Å². The van der Waals surface area contributed by atoms with Gasteiger partial charge in [-0.15, -0.1) is 11.3 Å². The molecule has 0 unspecified atom stereocenters. The Hall–Kier alpha value is -1.36. The van der Waals surface area contributed by atoms with E-state index in [9.17, 15) is 9.59 Å².